The average Bonchev–Trinajstić information content (AvgIpc) is 2.40. The second-order valence-electron chi connectivity index (χ2n) is 6.02. The summed E-state index contributed by atoms with van der Waals surface area (Å²) in [4.78, 5) is 4.53. The van der Waals surface area contributed by atoms with Gasteiger partial charge >= 0.3 is 0 Å². The van der Waals surface area contributed by atoms with E-state index in [1.165, 1.54) is 43.4 Å². The third-order valence-corrected chi connectivity index (χ3v) is 4.66. The summed E-state index contributed by atoms with van der Waals surface area (Å²) in [5.74, 6) is 1.98. The van der Waals surface area contributed by atoms with Crippen molar-refractivity contribution in [1.29, 1.82) is 0 Å². The summed E-state index contributed by atoms with van der Waals surface area (Å²) < 4.78 is 0. The van der Waals surface area contributed by atoms with Crippen LogP contribution in [-0.4, -0.2) is 17.1 Å². The van der Waals surface area contributed by atoms with E-state index in [1.807, 2.05) is 6.20 Å². The summed E-state index contributed by atoms with van der Waals surface area (Å²) >= 11 is 0. The van der Waals surface area contributed by atoms with E-state index in [1.54, 1.807) is 0 Å². The summed E-state index contributed by atoms with van der Waals surface area (Å²) in [5, 5.41) is 7.28. The molecule has 0 bridgehead atoms. The highest BCUT2D eigenvalue weighted by atomic mass is 15.2. The fourth-order valence-corrected chi connectivity index (χ4v) is 3.30. The molecule has 1 spiro atoms. The van der Waals surface area contributed by atoms with Crippen molar-refractivity contribution >= 4 is 11.5 Å². The van der Waals surface area contributed by atoms with Gasteiger partial charge in [-0.2, -0.15) is 0 Å². The van der Waals surface area contributed by atoms with Gasteiger partial charge in [-0.15, -0.1) is 0 Å². The molecule has 3 nitrogen and oxygen atoms in total. The molecule has 1 aliphatic carbocycles. The first-order valence-corrected chi connectivity index (χ1v) is 7.19. The number of hydrogen-bond donors (Lipinski definition) is 2. The van der Waals surface area contributed by atoms with Crippen LogP contribution in [0.4, 0.5) is 11.5 Å². The van der Waals surface area contributed by atoms with Crippen molar-refractivity contribution < 1.29 is 0 Å². The lowest BCUT2D eigenvalue weighted by Gasteiger charge is -2.44. The minimum absolute atomic E-state index is 0.251. The summed E-state index contributed by atoms with van der Waals surface area (Å²) in [5.41, 5.74) is 2.63. The number of nitrogens with zero attached hydrogens (tertiary/aromatic N) is 1. The number of pyridine rings is 1. The average molecular weight is 245 g/mol. The van der Waals surface area contributed by atoms with Crippen LogP contribution in [-0.2, 0) is 0 Å². The molecule has 0 aromatic carbocycles. The van der Waals surface area contributed by atoms with Gasteiger partial charge in [0.15, 0.2) is 0 Å². The van der Waals surface area contributed by atoms with Crippen LogP contribution in [0.1, 0.15) is 44.6 Å². The van der Waals surface area contributed by atoms with E-state index in [9.17, 15) is 0 Å². The van der Waals surface area contributed by atoms with Gasteiger partial charge in [-0.05, 0) is 50.2 Å². The molecule has 1 aliphatic heterocycles. The second-order valence-corrected chi connectivity index (χ2v) is 6.02. The van der Waals surface area contributed by atoms with Crippen molar-refractivity contribution in [2.45, 2.75) is 51.5 Å². The molecule has 0 radical (unpaired) electrons. The first-order valence-electron chi connectivity index (χ1n) is 7.19. The number of anilines is 2. The predicted molar refractivity (Wildman–Crippen MR) is 76.1 cm³/mol. The van der Waals surface area contributed by atoms with Crippen molar-refractivity contribution in [2.75, 3.05) is 17.2 Å². The monoisotopic (exact) mass is 245 g/mol. The van der Waals surface area contributed by atoms with E-state index in [0.717, 1.165) is 18.3 Å². The highest BCUT2D eigenvalue weighted by Crippen LogP contribution is 2.39. The van der Waals surface area contributed by atoms with E-state index in [2.05, 4.69) is 35.5 Å². The molecule has 1 fully saturated rings. The summed E-state index contributed by atoms with van der Waals surface area (Å²) in [7, 11) is 0. The maximum atomic E-state index is 4.53. The SMILES string of the molecule is CCC1CCC2(CC1)CNc1cc(C)cnc1N2. The number of aryl methyl sites for hydroxylation is 1. The van der Waals surface area contributed by atoms with Crippen molar-refractivity contribution in [1.82, 2.24) is 4.98 Å². The van der Waals surface area contributed by atoms with Crippen LogP contribution in [0.2, 0.25) is 0 Å². The molecule has 3 heteroatoms. The van der Waals surface area contributed by atoms with E-state index >= 15 is 0 Å². The number of fused-ring (bicyclic) bond motifs is 1. The number of nitrogens with one attached hydrogen (secondary N) is 2. The first kappa shape index (κ1) is 11.8. The Morgan fingerprint density at radius 3 is 2.89 bits per heavy atom. The Hall–Kier alpha value is -1.25. The second kappa shape index (κ2) is 4.45. The zero-order valence-electron chi connectivity index (χ0n) is 11.4. The van der Waals surface area contributed by atoms with Gasteiger partial charge in [0.25, 0.3) is 0 Å². The highest BCUT2D eigenvalue weighted by molar-refractivity contribution is 5.68. The maximum absolute atomic E-state index is 4.53. The Bertz CT molecular complexity index is 433. The van der Waals surface area contributed by atoms with E-state index in [4.69, 9.17) is 0 Å². The highest BCUT2D eigenvalue weighted by Gasteiger charge is 2.37. The van der Waals surface area contributed by atoms with Crippen LogP contribution in [0.15, 0.2) is 12.3 Å². The van der Waals surface area contributed by atoms with Gasteiger partial charge in [0.1, 0.15) is 5.82 Å². The fraction of sp³-hybridized carbons (Fsp3) is 0.667. The van der Waals surface area contributed by atoms with Crippen LogP contribution in [0.5, 0.6) is 0 Å². The first-order chi connectivity index (χ1) is 8.71. The van der Waals surface area contributed by atoms with Gasteiger partial charge in [-0.3, -0.25) is 0 Å². The van der Waals surface area contributed by atoms with Gasteiger partial charge in [0, 0.05) is 12.7 Å². The van der Waals surface area contributed by atoms with E-state index in [-0.39, 0.29) is 5.54 Å². The van der Waals surface area contributed by atoms with Crippen molar-refractivity contribution in [3.8, 4) is 0 Å². The zero-order chi connectivity index (χ0) is 12.6. The molecule has 3 rings (SSSR count). The molecule has 0 amide bonds. The van der Waals surface area contributed by atoms with Gasteiger partial charge in [0.2, 0.25) is 0 Å². The Morgan fingerprint density at radius 1 is 1.39 bits per heavy atom. The lowest BCUT2D eigenvalue weighted by Crippen LogP contribution is -2.50. The van der Waals surface area contributed by atoms with Crippen molar-refractivity contribution in [3.05, 3.63) is 17.8 Å². The maximum Gasteiger partial charge on any atom is 0.149 e. The minimum Gasteiger partial charge on any atom is -0.380 e. The Labute approximate surface area is 109 Å². The van der Waals surface area contributed by atoms with Crippen LogP contribution in [0.25, 0.3) is 0 Å². The quantitative estimate of drug-likeness (QED) is 0.794. The molecule has 0 saturated heterocycles. The fourth-order valence-electron chi connectivity index (χ4n) is 3.30. The van der Waals surface area contributed by atoms with Crippen LogP contribution in [0, 0.1) is 12.8 Å². The van der Waals surface area contributed by atoms with Gasteiger partial charge in [0.05, 0.1) is 11.2 Å². The molecule has 1 aromatic heterocycles. The molecule has 2 heterocycles. The van der Waals surface area contributed by atoms with E-state index in [0.29, 0.717) is 0 Å². The molecular formula is C15H23N3. The topological polar surface area (TPSA) is 37.0 Å². The summed E-state index contributed by atoms with van der Waals surface area (Å²) in [6, 6.07) is 2.18. The largest absolute Gasteiger partial charge is 0.380 e. The van der Waals surface area contributed by atoms with Gasteiger partial charge in [-0.1, -0.05) is 13.3 Å². The normalized spacial score (nSPS) is 30.4. The summed E-state index contributed by atoms with van der Waals surface area (Å²) in [6.07, 6.45) is 8.53. The molecule has 1 aromatic rings. The smallest absolute Gasteiger partial charge is 0.149 e. The Balaban J connectivity index is 1.76. The van der Waals surface area contributed by atoms with Crippen molar-refractivity contribution in [3.63, 3.8) is 0 Å². The molecule has 98 valence electrons. The molecular weight excluding hydrogens is 222 g/mol. The van der Waals surface area contributed by atoms with Crippen molar-refractivity contribution in [2.24, 2.45) is 5.92 Å². The predicted octanol–water partition coefficient (Wildman–Crippen LogP) is 3.57. The van der Waals surface area contributed by atoms with Crippen LogP contribution in [0.3, 0.4) is 0 Å². The van der Waals surface area contributed by atoms with Crippen LogP contribution < -0.4 is 10.6 Å². The number of aromatic nitrogens is 1. The van der Waals surface area contributed by atoms with Crippen LogP contribution >= 0.6 is 0 Å². The standard InChI is InChI=1S/C15H23N3/c1-3-12-4-6-15(7-5-12)10-17-13-8-11(2)9-16-14(13)18-15/h8-9,12,17H,3-7,10H2,1-2H3,(H,16,18). The Kier molecular flexibility index (Phi) is 2.92. The summed E-state index contributed by atoms with van der Waals surface area (Å²) in [6.45, 7) is 5.45. The molecule has 2 N–H and O–H groups in total. The lowest BCUT2D eigenvalue weighted by molar-refractivity contribution is 0.255. The number of rotatable bonds is 1. The number of hydrogen-bond acceptors (Lipinski definition) is 3. The Morgan fingerprint density at radius 2 is 2.17 bits per heavy atom. The molecule has 0 atom stereocenters. The third kappa shape index (κ3) is 2.06. The third-order valence-electron chi connectivity index (χ3n) is 4.66. The molecule has 0 unspecified atom stereocenters. The van der Waals surface area contributed by atoms with Gasteiger partial charge in [-0.25, -0.2) is 4.98 Å². The molecule has 1 saturated carbocycles. The lowest BCUT2D eigenvalue weighted by atomic mass is 9.75. The molecule has 2 aliphatic rings. The zero-order valence-corrected chi connectivity index (χ0v) is 11.4. The van der Waals surface area contributed by atoms with E-state index < -0.39 is 0 Å². The minimum atomic E-state index is 0.251. The molecule has 18 heavy (non-hydrogen) atoms. The van der Waals surface area contributed by atoms with Gasteiger partial charge < -0.3 is 10.6 Å².